The number of aryl methyl sites for hydroxylation is 2. The third kappa shape index (κ3) is 1.06. The zero-order valence-electron chi connectivity index (χ0n) is 6.59. The molecule has 0 saturated carbocycles. The zero-order chi connectivity index (χ0) is 7.68. The van der Waals surface area contributed by atoms with Gasteiger partial charge in [0.15, 0.2) is 0 Å². The number of hydrogen-bond acceptors (Lipinski definition) is 3. The van der Waals surface area contributed by atoms with Crippen molar-refractivity contribution in [2.24, 2.45) is 0 Å². The van der Waals surface area contributed by atoms with E-state index >= 15 is 0 Å². The lowest BCUT2D eigenvalue weighted by molar-refractivity contribution is 0.788. The van der Waals surface area contributed by atoms with E-state index in [-0.39, 0.29) is 0 Å². The fraction of sp³-hybridized carbons (Fsp3) is 0.500. The molecule has 0 fully saturated rings. The molecule has 3 heteroatoms. The average Bonchev–Trinajstić information content (AvgIpc) is 2.06. The second kappa shape index (κ2) is 2.49. The molecular formula is C8H11N3. The smallest absolute Gasteiger partial charge is 0.116 e. The molecule has 0 atom stereocenters. The van der Waals surface area contributed by atoms with Crippen molar-refractivity contribution in [2.45, 2.75) is 19.8 Å². The maximum absolute atomic E-state index is 4.21. The third-order valence-corrected chi connectivity index (χ3v) is 2.01. The number of anilines is 1. The number of aromatic nitrogens is 2. The van der Waals surface area contributed by atoms with E-state index in [0.29, 0.717) is 0 Å². The van der Waals surface area contributed by atoms with Crippen LogP contribution in [0, 0.1) is 6.92 Å². The molecule has 0 aliphatic carbocycles. The Kier molecular flexibility index (Phi) is 1.49. The Balaban J connectivity index is 2.49. The van der Waals surface area contributed by atoms with Crippen LogP contribution < -0.4 is 5.32 Å². The van der Waals surface area contributed by atoms with Gasteiger partial charge in [-0.1, -0.05) is 0 Å². The van der Waals surface area contributed by atoms with E-state index in [4.69, 9.17) is 0 Å². The molecule has 0 radical (unpaired) electrons. The molecule has 0 spiro atoms. The van der Waals surface area contributed by atoms with E-state index < -0.39 is 0 Å². The van der Waals surface area contributed by atoms with Crippen molar-refractivity contribution in [1.82, 2.24) is 9.97 Å². The largest absolute Gasteiger partial charge is 0.382 e. The first-order valence-electron chi connectivity index (χ1n) is 3.92. The van der Waals surface area contributed by atoms with Crippen molar-refractivity contribution in [1.29, 1.82) is 0 Å². The standard InChI is InChI=1S/C8H11N3/c1-6-8-7(11-5-10-6)3-2-4-9-8/h5,9H,2-4H2,1H3. The van der Waals surface area contributed by atoms with Crippen LogP contribution in [0.25, 0.3) is 0 Å². The molecular weight excluding hydrogens is 138 g/mol. The van der Waals surface area contributed by atoms with Gasteiger partial charge >= 0.3 is 0 Å². The summed E-state index contributed by atoms with van der Waals surface area (Å²) in [7, 11) is 0. The zero-order valence-corrected chi connectivity index (χ0v) is 6.59. The van der Waals surface area contributed by atoms with E-state index in [1.807, 2.05) is 6.92 Å². The lowest BCUT2D eigenvalue weighted by Crippen LogP contribution is -2.14. The first kappa shape index (κ1) is 6.58. The summed E-state index contributed by atoms with van der Waals surface area (Å²) in [4.78, 5) is 8.33. The fourth-order valence-corrected chi connectivity index (χ4v) is 1.41. The first-order chi connectivity index (χ1) is 5.38. The summed E-state index contributed by atoms with van der Waals surface area (Å²) in [5.74, 6) is 0. The van der Waals surface area contributed by atoms with Crippen LogP contribution in [0.5, 0.6) is 0 Å². The highest BCUT2D eigenvalue weighted by atomic mass is 15.0. The van der Waals surface area contributed by atoms with Gasteiger partial charge in [-0.25, -0.2) is 9.97 Å². The molecule has 1 aliphatic heterocycles. The second-order valence-electron chi connectivity index (χ2n) is 2.81. The molecule has 58 valence electrons. The van der Waals surface area contributed by atoms with Crippen molar-refractivity contribution < 1.29 is 0 Å². The summed E-state index contributed by atoms with van der Waals surface area (Å²) in [6.07, 6.45) is 3.91. The first-order valence-corrected chi connectivity index (χ1v) is 3.92. The van der Waals surface area contributed by atoms with Gasteiger partial charge in [0, 0.05) is 6.54 Å². The predicted octanol–water partition coefficient (Wildman–Crippen LogP) is 1.14. The van der Waals surface area contributed by atoms with Crippen molar-refractivity contribution in [3.8, 4) is 0 Å². The van der Waals surface area contributed by atoms with Gasteiger partial charge in [-0.05, 0) is 19.8 Å². The minimum atomic E-state index is 1.06. The Labute approximate surface area is 65.9 Å². The minimum absolute atomic E-state index is 1.06. The summed E-state index contributed by atoms with van der Waals surface area (Å²) in [6, 6.07) is 0. The van der Waals surface area contributed by atoms with Crippen LogP contribution in [0.15, 0.2) is 6.33 Å². The normalized spacial score (nSPS) is 15.4. The molecule has 1 N–H and O–H groups in total. The second-order valence-corrected chi connectivity index (χ2v) is 2.81. The van der Waals surface area contributed by atoms with Gasteiger partial charge < -0.3 is 5.32 Å². The lowest BCUT2D eigenvalue weighted by Gasteiger charge is -2.17. The molecule has 0 amide bonds. The Morgan fingerprint density at radius 1 is 1.45 bits per heavy atom. The Morgan fingerprint density at radius 2 is 2.36 bits per heavy atom. The van der Waals surface area contributed by atoms with Gasteiger partial charge in [0.2, 0.25) is 0 Å². The van der Waals surface area contributed by atoms with Crippen LogP contribution >= 0.6 is 0 Å². The van der Waals surface area contributed by atoms with Crippen molar-refractivity contribution in [3.63, 3.8) is 0 Å². The van der Waals surface area contributed by atoms with Gasteiger partial charge in [-0.15, -0.1) is 0 Å². The minimum Gasteiger partial charge on any atom is -0.382 e. The van der Waals surface area contributed by atoms with Gasteiger partial charge in [-0.2, -0.15) is 0 Å². The van der Waals surface area contributed by atoms with Crippen LogP contribution in [0.1, 0.15) is 17.8 Å². The van der Waals surface area contributed by atoms with Crippen molar-refractivity contribution in [2.75, 3.05) is 11.9 Å². The molecule has 0 bridgehead atoms. The number of hydrogen-bond donors (Lipinski definition) is 1. The number of fused-ring (bicyclic) bond motifs is 1. The quantitative estimate of drug-likeness (QED) is 0.601. The van der Waals surface area contributed by atoms with Gasteiger partial charge in [0.05, 0.1) is 17.1 Å². The molecule has 1 aliphatic rings. The van der Waals surface area contributed by atoms with E-state index in [0.717, 1.165) is 24.3 Å². The maximum atomic E-state index is 4.21. The molecule has 1 aromatic rings. The summed E-state index contributed by atoms with van der Waals surface area (Å²) in [5.41, 5.74) is 3.39. The van der Waals surface area contributed by atoms with Gasteiger partial charge in [-0.3, -0.25) is 0 Å². The van der Waals surface area contributed by atoms with Gasteiger partial charge in [0.1, 0.15) is 6.33 Å². The molecule has 3 nitrogen and oxygen atoms in total. The highest BCUT2D eigenvalue weighted by Crippen LogP contribution is 2.20. The third-order valence-electron chi connectivity index (χ3n) is 2.01. The van der Waals surface area contributed by atoms with Crippen LogP contribution in [-0.4, -0.2) is 16.5 Å². The van der Waals surface area contributed by atoms with Crippen LogP contribution in [0.2, 0.25) is 0 Å². The molecule has 0 saturated heterocycles. The fourth-order valence-electron chi connectivity index (χ4n) is 1.41. The molecule has 11 heavy (non-hydrogen) atoms. The van der Waals surface area contributed by atoms with Crippen LogP contribution in [0.4, 0.5) is 5.69 Å². The Bertz CT molecular complexity index is 270. The van der Waals surface area contributed by atoms with Crippen LogP contribution in [-0.2, 0) is 6.42 Å². The Hall–Kier alpha value is -1.12. The molecule has 0 aromatic carbocycles. The topological polar surface area (TPSA) is 37.8 Å². The summed E-state index contributed by atoms with van der Waals surface area (Å²) < 4.78 is 0. The monoisotopic (exact) mass is 149 g/mol. The summed E-state index contributed by atoms with van der Waals surface area (Å²) in [5, 5.41) is 3.31. The SMILES string of the molecule is Cc1ncnc2c1NCCC2. The predicted molar refractivity (Wildman–Crippen MR) is 43.6 cm³/mol. The molecule has 0 unspecified atom stereocenters. The lowest BCUT2D eigenvalue weighted by atomic mass is 10.1. The molecule has 2 heterocycles. The van der Waals surface area contributed by atoms with E-state index in [2.05, 4.69) is 15.3 Å². The van der Waals surface area contributed by atoms with Crippen molar-refractivity contribution >= 4 is 5.69 Å². The molecule has 1 aromatic heterocycles. The number of nitrogens with one attached hydrogen (secondary N) is 1. The highest BCUT2D eigenvalue weighted by molar-refractivity contribution is 5.52. The molecule has 2 rings (SSSR count). The summed E-state index contributed by atoms with van der Waals surface area (Å²) >= 11 is 0. The number of nitrogens with zero attached hydrogens (tertiary/aromatic N) is 2. The van der Waals surface area contributed by atoms with E-state index in [1.165, 1.54) is 12.1 Å². The van der Waals surface area contributed by atoms with Crippen LogP contribution in [0.3, 0.4) is 0 Å². The van der Waals surface area contributed by atoms with E-state index in [1.54, 1.807) is 6.33 Å². The van der Waals surface area contributed by atoms with Gasteiger partial charge in [0.25, 0.3) is 0 Å². The summed E-state index contributed by atoms with van der Waals surface area (Å²) in [6.45, 7) is 3.07. The Morgan fingerprint density at radius 3 is 3.18 bits per heavy atom. The number of rotatable bonds is 0. The maximum Gasteiger partial charge on any atom is 0.116 e. The van der Waals surface area contributed by atoms with Crippen molar-refractivity contribution in [3.05, 3.63) is 17.7 Å². The average molecular weight is 149 g/mol. The highest BCUT2D eigenvalue weighted by Gasteiger charge is 2.11. The van der Waals surface area contributed by atoms with E-state index in [9.17, 15) is 0 Å².